The number of halogens is 1. The molecule has 0 radical (unpaired) electrons. The van der Waals surface area contributed by atoms with Crippen molar-refractivity contribution < 1.29 is 9.47 Å². The predicted molar refractivity (Wildman–Crippen MR) is 60.1 cm³/mol. The second-order valence-electron chi connectivity index (χ2n) is 3.70. The summed E-state index contributed by atoms with van der Waals surface area (Å²) >= 11 is 5.69. The van der Waals surface area contributed by atoms with Gasteiger partial charge < -0.3 is 9.47 Å². The summed E-state index contributed by atoms with van der Waals surface area (Å²) in [7, 11) is 0. The Bertz CT molecular complexity index is 289. The third-order valence-electron chi connectivity index (χ3n) is 2.50. The van der Waals surface area contributed by atoms with Crippen molar-refractivity contribution in [3.8, 4) is 0 Å². The fourth-order valence-electron chi connectivity index (χ4n) is 1.67. The van der Waals surface area contributed by atoms with Crippen LogP contribution >= 0.6 is 11.6 Å². The van der Waals surface area contributed by atoms with Crippen LogP contribution in [0, 0.1) is 0 Å². The van der Waals surface area contributed by atoms with E-state index in [0.29, 0.717) is 12.5 Å². The molecule has 0 bridgehead atoms. The van der Waals surface area contributed by atoms with Crippen LogP contribution in [-0.4, -0.2) is 24.9 Å². The van der Waals surface area contributed by atoms with E-state index in [1.807, 2.05) is 18.2 Å². The fraction of sp³-hybridized carbons (Fsp3) is 0.500. The minimum absolute atomic E-state index is 0.0750. The van der Waals surface area contributed by atoms with Crippen LogP contribution in [0.4, 0.5) is 0 Å². The summed E-state index contributed by atoms with van der Waals surface area (Å²) in [5, 5.41) is 0. The summed E-state index contributed by atoms with van der Waals surface area (Å²) in [6.07, 6.45) is 1.89. The maximum atomic E-state index is 5.69. The zero-order valence-electron chi connectivity index (χ0n) is 8.56. The Morgan fingerprint density at radius 2 is 2.07 bits per heavy atom. The minimum Gasteiger partial charge on any atom is -0.350 e. The smallest absolute Gasteiger partial charge is 0.158 e. The van der Waals surface area contributed by atoms with Crippen molar-refractivity contribution in [3.05, 3.63) is 35.9 Å². The van der Waals surface area contributed by atoms with Gasteiger partial charge in [0.2, 0.25) is 0 Å². The number of rotatable bonds is 4. The molecular formula is C12H15ClO2. The SMILES string of the molecule is ClC[C@@H]1CO[C@H](CCc2ccccc2)O1. The summed E-state index contributed by atoms with van der Waals surface area (Å²) < 4.78 is 11.0. The van der Waals surface area contributed by atoms with E-state index in [1.54, 1.807) is 0 Å². The highest BCUT2D eigenvalue weighted by atomic mass is 35.5. The van der Waals surface area contributed by atoms with Crippen molar-refractivity contribution in [1.29, 1.82) is 0 Å². The summed E-state index contributed by atoms with van der Waals surface area (Å²) in [6, 6.07) is 10.4. The number of aryl methyl sites for hydroxylation is 1. The zero-order valence-corrected chi connectivity index (χ0v) is 9.32. The van der Waals surface area contributed by atoms with Crippen LogP contribution in [0.2, 0.25) is 0 Å². The van der Waals surface area contributed by atoms with Crippen LogP contribution in [-0.2, 0) is 15.9 Å². The van der Waals surface area contributed by atoms with Crippen molar-refractivity contribution in [2.45, 2.75) is 25.2 Å². The van der Waals surface area contributed by atoms with Crippen LogP contribution in [0.15, 0.2) is 30.3 Å². The van der Waals surface area contributed by atoms with Gasteiger partial charge in [0, 0.05) is 6.42 Å². The Labute approximate surface area is 95.1 Å². The Balaban J connectivity index is 1.75. The van der Waals surface area contributed by atoms with E-state index in [1.165, 1.54) is 5.56 Å². The molecule has 2 nitrogen and oxygen atoms in total. The fourth-order valence-corrected chi connectivity index (χ4v) is 1.83. The third-order valence-corrected chi connectivity index (χ3v) is 2.84. The van der Waals surface area contributed by atoms with Gasteiger partial charge in [0.05, 0.1) is 18.6 Å². The van der Waals surface area contributed by atoms with Crippen molar-refractivity contribution in [2.75, 3.05) is 12.5 Å². The van der Waals surface area contributed by atoms with E-state index in [-0.39, 0.29) is 12.4 Å². The Morgan fingerprint density at radius 1 is 1.27 bits per heavy atom. The highest BCUT2D eigenvalue weighted by Gasteiger charge is 2.24. The highest BCUT2D eigenvalue weighted by Crippen LogP contribution is 2.17. The molecule has 1 heterocycles. The zero-order chi connectivity index (χ0) is 10.5. The van der Waals surface area contributed by atoms with E-state index < -0.39 is 0 Å². The molecule has 2 rings (SSSR count). The summed E-state index contributed by atoms with van der Waals surface area (Å²) in [5.74, 6) is 0.516. The molecule has 15 heavy (non-hydrogen) atoms. The van der Waals surface area contributed by atoms with Crippen molar-refractivity contribution >= 4 is 11.6 Å². The van der Waals surface area contributed by atoms with Gasteiger partial charge in [-0.2, -0.15) is 0 Å². The molecule has 0 spiro atoms. The molecule has 1 aliphatic heterocycles. The number of alkyl halides is 1. The van der Waals surface area contributed by atoms with Crippen LogP contribution in [0.3, 0.4) is 0 Å². The minimum atomic E-state index is -0.0750. The van der Waals surface area contributed by atoms with Gasteiger partial charge in [-0.05, 0) is 12.0 Å². The van der Waals surface area contributed by atoms with Gasteiger partial charge >= 0.3 is 0 Å². The maximum Gasteiger partial charge on any atom is 0.158 e. The van der Waals surface area contributed by atoms with Gasteiger partial charge in [-0.25, -0.2) is 0 Å². The molecule has 1 aliphatic rings. The molecule has 82 valence electrons. The first kappa shape index (κ1) is 10.9. The molecule has 1 aromatic carbocycles. The molecule has 3 heteroatoms. The summed E-state index contributed by atoms with van der Waals surface area (Å²) in [4.78, 5) is 0. The van der Waals surface area contributed by atoms with Crippen molar-refractivity contribution in [1.82, 2.24) is 0 Å². The van der Waals surface area contributed by atoms with Crippen LogP contribution < -0.4 is 0 Å². The van der Waals surface area contributed by atoms with E-state index in [2.05, 4.69) is 12.1 Å². The largest absolute Gasteiger partial charge is 0.350 e. The molecule has 0 aliphatic carbocycles. The molecule has 1 aromatic rings. The third kappa shape index (κ3) is 3.20. The van der Waals surface area contributed by atoms with Gasteiger partial charge in [0.15, 0.2) is 6.29 Å². The molecular weight excluding hydrogens is 212 g/mol. The topological polar surface area (TPSA) is 18.5 Å². The summed E-state index contributed by atoms with van der Waals surface area (Å²) in [5.41, 5.74) is 1.32. The van der Waals surface area contributed by atoms with Crippen LogP contribution in [0.25, 0.3) is 0 Å². The first-order chi connectivity index (χ1) is 7.38. The molecule has 0 N–H and O–H groups in total. The number of benzene rings is 1. The quantitative estimate of drug-likeness (QED) is 0.735. The average molecular weight is 227 g/mol. The average Bonchev–Trinajstić information content (AvgIpc) is 2.76. The van der Waals surface area contributed by atoms with E-state index in [9.17, 15) is 0 Å². The second kappa shape index (κ2) is 5.50. The van der Waals surface area contributed by atoms with E-state index in [0.717, 1.165) is 12.8 Å². The Kier molecular flexibility index (Phi) is 4.01. The van der Waals surface area contributed by atoms with E-state index >= 15 is 0 Å². The van der Waals surface area contributed by atoms with Gasteiger partial charge in [-0.1, -0.05) is 30.3 Å². The molecule has 2 atom stereocenters. The number of hydrogen-bond donors (Lipinski definition) is 0. The molecule has 0 unspecified atom stereocenters. The van der Waals surface area contributed by atoms with Gasteiger partial charge in [-0.15, -0.1) is 11.6 Å². The molecule has 1 saturated heterocycles. The molecule has 0 aromatic heterocycles. The maximum absolute atomic E-state index is 5.69. The van der Waals surface area contributed by atoms with Crippen molar-refractivity contribution in [2.24, 2.45) is 0 Å². The second-order valence-corrected chi connectivity index (χ2v) is 4.01. The summed E-state index contributed by atoms with van der Waals surface area (Å²) in [6.45, 7) is 0.628. The predicted octanol–water partition coefficient (Wildman–Crippen LogP) is 2.60. The Hall–Kier alpha value is -0.570. The Morgan fingerprint density at radius 3 is 2.73 bits per heavy atom. The lowest BCUT2D eigenvalue weighted by molar-refractivity contribution is -0.0582. The number of hydrogen-bond acceptors (Lipinski definition) is 2. The number of ether oxygens (including phenoxy) is 2. The van der Waals surface area contributed by atoms with Crippen LogP contribution in [0.5, 0.6) is 0 Å². The molecule has 0 amide bonds. The van der Waals surface area contributed by atoms with Crippen molar-refractivity contribution in [3.63, 3.8) is 0 Å². The first-order valence-electron chi connectivity index (χ1n) is 5.25. The highest BCUT2D eigenvalue weighted by molar-refractivity contribution is 6.18. The monoisotopic (exact) mass is 226 g/mol. The van der Waals surface area contributed by atoms with Gasteiger partial charge in [0.25, 0.3) is 0 Å². The van der Waals surface area contributed by atoms with Crippen LogP contribution in [0.1, 0.15) is 12.0 Å². The van der Waals surface area contributed by atoms with Gasteiger partial charge in [0.1, 0.15) is 0 Å². The van der Waals surface area contributed by atoms with Gasteiger partial charge in [-0.3, -0.25) is 0 Å². The normalized spacial score (nSPS) is 25.7. The standard InChI is InChI=1S/C12H15ClO2/c13-8-11-9-14-12(15-11)7-6-10-4-2-1-3-5-10/h1-5,11-12H,6-9H2/t11-,12+/m1/s1. The molecule has 0 saturated carbocycles. The molecule has 1 fully saturated rings. The lowest BCUT2D eigenvalue weighted by atomic mass is 10.1. The van der Waals surface area contributed by atoms with E-state index in [4.69, 9.17) is 21.1 Å². The lowest BCUT2D eigenvalue weighted by Gasteiger charge is -2.09. The first-order valence-corrected chi connectivity index (χ1v) is 5.79. The lowest BCUT2D eigenvalue weighted by Crippen LogP contribution is -2.14.